The molecule has 1 aliphatic heterocycles. The van der Waals surface area contributed by atoms with Crippen LogP contribution in [-0.2, 0) is 4.79 Å². The van der Waals surface area contributed by atoms with Gasteiger partial charge in [0.05, 0.1) is 10.9 Å². The first kappa shape index (κ1) is 12.4. The molecule has 1 aromatic rings. The number of carbonyl (C=O) groups is 2. The summed E-state index contributed by atoms with van der Waals surface area (Å²) in [6.07, 6.45) is 1.36. The van der Waals surface area contributed by atoms with Gasteiger partial charge in [-0.3, -0.25) is 9.59 Å². The predicted octanol–water partition coefficient (Wildman–Crippen LogP) is 2.34. The van der Waals surface area contributed by atoms with E-state index in [1.807, 2.05) is 0 Å². The van der Waals surface area contributed by atoms with Gasteiger partial charge in [-0.05, 0) is 24.3 Å². The van der Waals surface area contributed by atoms with E-state index in [9.17, 15) is 9.59 Å². The first-order chi connectivity index (χ1) is 8.09. The van der Waals surface area contributed by atoms with Crippen molar-refractivity contribution in [2.24, 2.45) is 5.92 Å². The number of hydrogen-bond acceptors (Lipinski definition) is 3. The third-order valence-electron chi connectivity index (χ3n) is 2.87. The van der Waals surface area contributed by atoms with E-state index in [2.05, 4.69) is 0 Å². The van der Waals surface area contributed by atoms with E-state index in [1.54, 1.807) is 16.3 Å². The van der Waals surface area contributed by atoms with Crippen molar-refractivity contribution >= 4 is 34.8 Å². The number of carboxylic acids is 1. The van der Waals surface area contributed by atoms with Crippen LogP contribution in [0.5, 0.6) is 0 Å². The molecule has 1 fully saturated rings. The van der Waals surface area contributed by atoms with E-state index in [1.165, 1.54) is 11.3 Å². The van der Waals surface area contributed by atoms with Crippen LogP contribution < -0.4 is 0 Å². The molecule has 1 amide bonds. The van der Waals surface area contributed by atoms with Gasteiger partial charge in [0.2, 0.25) is 0 Å². The number of likely N-dealkylation sites (tertiary alicyclic amines) is 1. The molecule has 6 heteroatoms. The number of piperidine rings is 1. The molecule has 1 N–H and O–H groups in total. The molecule has 1 aromatic heterocycles. The van der Waals surface area contributed by atoms with Gasteiger partial charge in [-0.1, -0.05) is 11.6 Å². The van der Waals surface area contributed by atoms with Crippen molar-refractivity contribution in [1.29, 1.82) is 0 Å². The lowest BCUT2D eigenvalue weighted by molar-refractivity contribution is -0.143. The Morgan fingerprint density at radius 1 is 1.53 bits per heavy atom. The van der Waals surface area contributed by atoms with Crippen LogP contribution in [0.2, 0.25) is 5.02 Å². The topological polar surface area (TPSA) is 57.6 Å². The van der Waals surface area contributed by atoms with Gasteiger partial charge in [0, 0.05) is 13.1 Å². The number of hydrogen-bond donors (Lipinski definition) is 1. The quantitative estimate of drug-likeness (QED) is 0.900. The van der Waals surface area contributed by atoms with Crippen molar-refractivity contribution in [2.45, 2.75) is 12.8 Å². The third-order valence-corrected chi connectivity index (χ3v) is 4.20. The number of nitrogens with zero attached hydrogens (tertiary/aromatic N) is 1. The van der Waals surface area contributed by atoms with E-state index in [-0.39, 0.29) is 12.5 Å². The van der Waals surface area contributed by atoms with Crippen LogP contribution in [0, 0.1) is 5.92 Å². The first-order valence-corrected chi connectivity index (χ1v) is 6.60. The second-order valence-electron chi connectivity index (χ2n) is 4.03. The van der Waals surface area contributed by atoms with Crippen LogP contribution in [0.15, 0.2) is 11.4 Å². The lowest BCUT2D eigenvalue weighted by atomic mass is 9.98. The van der Waals surface area contributed by atoms with Crippen LogP contribution in [0.4, 0.5) is 0 Å². The highest BCUT2D eigenvalue weighted by molar-refractivity contribution is 7.12. The molecule has 1 saturated heterocycles. The molecule has 92 valence electrons. The molecule has 0 aromatic carbocycles. The highest BCUT2D eigenvalue weighted by Gasteiger charge is 2.29. The standard InChI is InChI=1S/C11H12ClNO3S/c12-8-3-5-17-9(8)10(14)13-4-1-2-7(6-13)11(15)16/h3,5,7H,1-2,4,6H2,(H,15,16)/t7-/m0/s1. The van der Waals surface area contributed by atoms with E-state index >= 15 is 0 Å². The molecule has 1 atom stereocenters. The number of carbonyl (C=O) groups excluding carboxylic acids is 1. The number of aliphatic carboxylic acids is 1. The summed E-state index contributed by atoms with van der Waals surface area (Å²) in [4.78, 5) is 25.1. The lowest BCUT2D eigenvalue weighted by Crippen LogP contribution is -2.42. The Morgan fingerprint density at radius 2 is 2.29 bits per heavy atom. The molecule has 0 aliphatic carbocycles. The Hall–Kier alpha value is -1.07. The minimum Gasteiger partial charge on any atom is -0.481 e. The van der Waals surface area contributed by atoms with Gasteiger partial charge >= 0.3 is 5.97 Å². The molecule has 4 nitrogen and oxygen atoms in total. The fraction of sp³-hybridized carbons (Fsp3) is 0.455. The van der Waals surface area contributed by atoms with E-state index < -0.39 is 11.9 Å². The molecular formula is C11H12ClNO3S. The van der Waals surface area contributed by atoms with Crippen LogP contribution in [0.1, 0.15) is 22.5 Å². The second kappa shape index (κ2) is 5.06. The van der Waals surface area contributed by atoms with E-state index in [0.29, 0.717) is 22.9 Å². The number of halogens is 1. The Kier molecular flexibility index (Phi) is 3.69. The first-order valence-electron chi connectivity index (χ1n) is 5.34. The molecule has 0 bridgehead atoms. The van der Waals surface area contributed by atoms with Gasteiger partial charge in [0.25, 0.3) is 5.91 Å². The van der Waals surface area contributed by atoms with E-state index in [0.717, 1.165) is 6.42 Å². The molecule has 17 heavy (non-hydrogen) atoms. The molecule has 1 aliphatic rings. The van der Waals surface area contributed by atoms with Crippen molar-refractivity contribution in [3.63, 3.8) is 0 Å². The van der Waals surface area contributed by atoms with Gasteiger partial charge in [0.15, 0.2) is 0 Å². The number of rotatable bonds is 2. The largest absolute Gasteiger partial charge is 0.481 e. The SMILES string of the molecule is O=C(O)[C@H]1CCCN(C(=O)c2sccc2Cl)C1. The maximum absolute atomic E-state index is 12.1. The Bertz CT molecular complexity index is 446. The van der Waals surface area contributed by atoms with Gasteiger partial charge < -0.3 is 10.0 Å². The maximum atomic E-state index is 12.1. The average Bonchev–Trinajstić information content (AvgIpc) is 2.74. The zero-order valence-electron chi connectivity index (χ0n) is 9.06. The molecule has 2 heterocycles. The summed E-state index contributed by atoms with van der Waals surface area (Å²) in [6, 6.07) is 1.68. The molecule has 0 unspecified atom stereocenters. The summed E-state index contributed by atoms with van der Waals surface area (Å²) in [6.45, 7) is 0.888. The molecular weight excluding hydrogens is 262 g/mol. The Morgan fingerprint density at radius 3 is 2.88 bits per heavy atom. The number of thiophene rings is 1. The fourth-order valence-corrected chi connectivity index (χ4v) is 3.06. The van der Waals surface area contributed by atoms with Crippen LogP contribution in [0.25, 0.3) is 0 Å². The third kappa shape index (κ3) is 2.61. The average molecular weight is 274 g/mol. The molecule has 0 saturated carbocycles. The smallest absolute Gasteiger partial charge is 0.308 e. The summed E-state index contributed by atoms with van der Waals surface area (Å²) in [5.74, 6) is -1.44. The van der Waals surface area contributed by atoms with Gasteiger partial charge in [-0.15, -0.1) is 11.3 Å². The highest BCUT2D eigenvalue weighted by Crippen LogP contribution is 2.26. The van der Waals surface area contributed by atoms with Gasteiger partial charge in [0.1, 0.15) is 4.88 Å². The summed E-state index contributed by atoms with van der Waals surface area (Å²) in [5.41, 5.74) is 0. The van der Waals surface area contributed by atoms with Gasteiger partial charge in [-0.25, -0.2) is 0 Å². The molecule has 2 rings (SSSR count). The maximum Gasteiger partial charge on any atom is 0.308 e. The van der Waals surface area contributed by atoms with Crippen molar-refractivity contribution in [3.05, 3.63) is 21.3 Å². The number of carboxylic acid groups (broad SMARTS) is 1. The minimum absolute atomic E-state index is 0.157. The van der Waals surface area contributed by atoms with Crippen LogP contribution in [-0.4, -0.2) is 35.0 Å². The summed E-state index contributed by atoms with van der Waals surface area (Å²) >= 11 is 7.19. The van der Waals surface area contributed by atoms with Crippen molar-refractivity contribution in [1.82, 2.24) is 4.90 Å². The van der Waals surface area contributed by atoms with Crippen LogP contribution in [0.3, 0.4) is 0 Å². The molecule has 0 radical (unpaired) electrons. The predicted molar refractivity (Wildman–Crippen MR) is 65.6 cm³/mol. The molecule has 0 spiro atoms. The van der Waals surface area contributed by atoms with Crippen molar-refractivity contribution in [3.8, 4) is 0 Å². The highest BCUT2D eigenvalue weighted by atomic mass is 35.5. The Balaban J connectivity index is 2.10. The fourth-order valence-electron chi connectivity index (χ4n) is 1.95. The van der Waals surface area contributed by atoms with E-state index in [4.69, 9.17) is 16.7 Å². The zero-order valence-corrected chi connectivity index (χ0v) is 10.6. The Labute approximate surface area is 108 Å². The normalized spacial score (nSPS) is 20.3. The van der Waals surface area contributed by atoms with Gasteiger partial charge in [-0.2, -0.15) is 0 Å². The second-order valence-corrected chi connectivity index (χ2v) is 5.35. The number of amides is 1. The monoisotopic (exact) mass is 273 g/mol. The summed E-state index contributed by atoms with van der Waals surface area (Å²) in [7, 11) is 0. The summed E-state index contributed by atoms with van der Waals surface area (Å²) < 4.78 is 0. The minimum atomic E-state index is -0.834. The lowest BCUT2D eigenvalue weighted by Gasteiger charge is -2.30. The van der Waals surface area contributed by atoms with Crippen molar-refractivity contribution in [2.75, 3.05) is 13.1 Å². The summed E-state index contributed by atoms with van der Waals surface area (Å²) in [5, 5.41) is 11.2. The zero-order chi connectivity index (χ0) is 12.4. The van der Waals surface area contributed by atoms with Crippen molar-refractivity contribution < 1.29 is 14.7 Å². The van der Waals surface area contributed by atoms with Crippen LogP contribution >= 0.6 is 22.9 Å².